The van der Waals surface area contributed by atoms with E-state index in [1.54, 1.807) is 19.1 Å². The van der Waals surface area contributed by atoms with Gasteiger partial charge in [0, 0.05) is 0 Å². The molecular formula is C12H12O6. The molecule has 0 amide bonds. The molecule has 0 bridgehead atoms. The Morgan fingerprint density at radius 3 is 2.61 bits per heavy atom. The molecule has 1 fully saturated rings. The number of esters is 1. The monoisotopic (exact) mass is 252 g/mol. The summed E-state index contributed by atoms with van der Waals surface area (Å²) in [5, 5.41) is 9.18. The summed E-state index contributed by atoms with van der Waals surface area (Å²) in [6, 6.07) is 5.97. The number of phenols is 1. The van der Waals surface area contributed by atoms with Crippen LogP contribution in [0.1, 0.15) is 18.6 Å². The fourth-order valence-corrected chi connectivity index (χ4v) is 1.66. The fourth-order valence-electron chi connectivity index (χ4n) is 1.66. The molecule has 1 saturated heterocycles. The smallest absolute Gasteiger partial charge is 0.508 e. The topological polar surface area (TPSA) is 82.1 Å². The molecule has 1 aliphatic heterocycles. The Bertz CT molecular complexity index is 452. The van der Waals surface area contributed by atoms with Gasteiger partial charge in [-0.3, -0.25) is 0 Å². The standard InChI is InChI=1S/C12H12O6/c1-2-16-11(14)10-9(17-12(15)18-10)7-3-5-8(13)6-4-7/h3-6,9-10,13H,2H2,1H3. The van der Waals surface area contributed by atoms with E-state index in [0.717, 1.165) is 0 Å². The fraction of sp³-hybridized carbons (Fsp3) is 0.333. The van der Waals surface area contributed by atoms with Crippen molar-refractivity contribution in [3.8, 4) is 5.75 Å². The van der Waals surface area contributed by atoms with Crippen LogP contribution in [0.4, 0.5) is 4.79 Å². The maximum absolute atomic E-state index is 11.6. The van der Waals surface area contributed by atoms with Crippen molar-refractivity contribution >= 4 is 12.1 Å². The first-order chi connectivity index (χ1) is 8.61. The van der Waals surface area contributed by atoms with Crippen LogP contribution in [-0.2, 0) is 19.0 Å². The van der Waals surface area contributed by atoms with Gasteiger partial charge in [-0.25, -0.2) is 9.59 Å². The van der Waals surface area contributed by atoms with E-state index in [1.807, 2.05) is 0 Å². The SMILES string of the molecule is CCOC(=O)C1OC(=O)OC1c1ccc(O)cc1. The molecule has 96 valence electrons. The van der Waals surface area contributed by atoms with Gasteiger partial charge in [-0.2, -0.15) is 0 Å². The zero-order valence-corrected chi connectivity index (χ0v) is 9.66. The molecule has 1 N–H and O–H groups in total. The Labute approximate surface area is 103 Å². The minimum Gasteiger partial charge on any atom is -0.508 e. The minimum absolute atomic E-state index is 0.0803. The third-order valence-corrected chi connectivity index (χ3v) is 2.46. The number of carbonyl (C=O) groups excluding carboxylic acids is 2. The molecular weight excluding hydrogens is 240 g/mol. The van der Waals surface area contributed by atoms with Gasteiger partial charge in [0.05, 0.1) is 6.61 Å². The van der Waals surface area contributed by atoms with Crippen molar-refractivity contribution in [2.45, 2.75) is 19.1 Å². The van der Waals surface area contributed by atoms with Gasteiger partial charge in [0.25, 0.3) is 0 Å². The third kappa shape index (κ3) is 2.37. The van der Waals surface area contributed by atoms with Gasteiger partial charge < -0.3 is 19.3 Å². The Balaban J connectivity index is 2.21. The molecule has 0 aliphatic carbocycles. The molecule has 1 aliphatic rings. The van der Waals surface area contributed by atoms with Gasteiger partial charge >= 0.3 is 12.1 Å². The highest BCUT2D eigenvalue weighted by atomic mass is 16.8. The van der Waals surface area contributed by atoms with Crippen molar-refractivity contribution in [1.82, 2.24) is 0 Å². The Morgan fingerprint density at radius 1 is 1.33 bits per heavy atom. The zero-order chi connectivity index (χ0) is 13.1. The Morgan fingerprint density at radius 2 is 2.00 bits per heavy atom. The summed E-state index contributed by atoms with van der Waals surface area (Å²) in [4.78, 5) is 22.7. The van der Waals surface area contributed by atoms with Gasteiger partial charge in [-0.15, -0.1) is 0 Å². The molecule has 6 heteroatoms. The van der Waals surface area contributed by atoms with Crippen LogP contribution in [0.25, 0.3) is 0 Å². The lowest BCUT2D eigenvalue weighted by atomic mass is 10.0. The van der Waals surface area contributed by atoms with E-state index in [0.29, 0.717) is 5.56 Å². The van der Waals surface area contributed by atoms with E-state index in [2.05, 4.69) is 0 Å². The molecule has 6 nitrogen and oxygen atoms in total. The van der Waals surface area contributed by atoms with Crippen LogP contribution in [-0.4, -0.2) is 29.9 Å². The van der Waals surface area contributed by atoms with Gasteiger partial charge in [0.2, 0.25) is 6.10 Å². The van der Waals surface area contributed by atoms with Crippen LogP contribution in [0.2, 0.25) is 0 Å². The quantitative estimate of drug-likeness (QED) is 0.821. The minimum atomic E-state index is -1.11. The first-order valence-corrected chi connectivity index (χ1v) is 5.44. The number of benzene rings is 1. The second-order valence-electron chi connectivity index (χ2n) is 3.67. The maximum atomic E-state index is 11.6. The second kappa shape index (κ2) is 4.95. The molecule has 2 rings (SSSR count). The zero-order valence-electron chi connectivity index (χ0n) is 9.66. The van der Waals surface area contributed by atoms with Crippen molar-refractivity contribution in [1.29, 1.82) is 0 Å². The molecule has 0 spiro atoms. The largest absolute Gasteiger partial charge is 0.510 e. The number of carbonyl (C=O) groups is 2. The number of cyclic esters (lactones) is 2. The van der Waals surface area contributed by atoms with E-state index in [9.17, 15) is 14.7 Å². The number of hydrogen-bond donors (Lipinski definition) is 1. The van der Waals surface area contributed by atoms with Crippen molar-refractivity contribution in [2.24, 2.45) is 0 Å². The van der Waals surface area contributed by atoms with Crippen LogP contribution in [0.15, 0.2) is 24.3 Å². The van der Waals surface area contributed by atoms with Crippen LogP contribution >= 0.6 is 0 Å². The second-order valence-corrected chi connectivity index (χ2v) is 3.67. The highest BCUT2D eigenvalue weighted by Crippen LogP contribution is 2.31. The molecule has 18 heavy (non-hydrogen) atoms. The summed E-state index contributed by atoms with van der Waals surface area (Å²) in [6.45, 7) is 1.85. The van der Waals surface area contributed by atoms with E-state index in [4.69, 9.17) is 14.2 Å². The van der Waals surface area contributed by atoms with E-state index < -0.39 is 24.3 Å². The van der Waals surface area contributed by atoms with Crippen molar-refractivity contribution < 1.29 is 28.9 Å². The van der Waals surface area contributed by atoms with Crippen LogP contribution in [0.5, 0.6) is 5.75 Å². The van der Waals surface area contributed by atoms with Gasteiger partial charge in [-0.1, -0.05) is 12.1 Å². The summed E-state index contributed by atoms with van der Waals surface area (Å²) in [5.74, 6) is -0.571. The normalized spacial score (nSPS) is 22.2. The van der Waals surface area contributed by atoms with E-state index in [1.165, 1.54) is 12.1 Å². The molecule has 2 unspecified atom stereocenters. The average molecular weight is 252 g/mol. The van der Waals surface area contributed by atoms with Gasteiger partial charge in [-0.05, 0) is 24.6 Å². The summed E-state index contributed by atoms with van der Waals surface area (Å²) in [5.41, 5.74) is 0.553. The molecule has 0 saturated carbocycles. The first-order valence-electron chi connectivity index (χ1n) is 5.44. The van der Waals surface area contributed by atoms with Crippen LogP contribution in [0.3, 0.4) is 0 Å². The average Bonchev–Trinajstić information content (AvgIpc) is 2.73. The third-order valence-electron chi connectivity index (χ3n) is 2.46. The number of phenolic OH excluding ortho intramolecular Hbond substituents is 1. The number of hydrogen-bond acceptors (Lipinski definition) is 6. The predicted molar refractivity (Wildman–Crippen MR) is 58.8 cm³/mol. The predicted octanol–water partition coefficient (Wildman–Crippen LogP) is 1.53. The highest BCUT2D eigenvalue weighted by molar-refractivity contribution is 5.81. The van der Waals surface area contributed by atoms with E-state index >= 15 is 0 Å². The lowest BCUT2D eigenvalue weighted by molar-refractivity contribution is -0.153. The summed E-state index contributed by atoms with van der Waals surface area (Å²) in [6.07, 6.45) is -2.87. The molecule has 1 aromatic carbocycles. The molecule has 1 heterocycles. The lowest BCUT2D eigenvalue weighted by Crippen LogP contribution is -2.28. The Hall–Kier alpha value is -2.24. The summed E-state index contributed by atoms with van der Waals surface area (Å²) < 4.78 is 14.5. The molecule has 0 radical (unpaired) electrons. The van der Waals surface area contributed by atoms with Gasteiger partial charge in [0.1, 0.15) is 5.75 Å². The van der Waals surface area contributed by atoms with E-state index in [-0.39, 0.29) is 12.4 Å². The maximum Gasteiger partial charge on any atom is 0.510 e. The summed E-state index contributed by atoms with van der Waals surface area (Å²) in [7, 11) is 0. The molecule has 1 aromatic rings. The van der Waals surface area contributed by atoms with Crippen LogP contribution < -0.4 is 0 Å². The number of aromatic hydroxyl groups is 1. The van der Waals surface area contributed by atoms with Gasteiger partial charge in [0.15, 0.2) is 6.10 Å². The van der Waals surface area contributed by atoms with Crippen molar-refractivity contribution in [2.75, 3.05) is 6.61 Å². The number of rotatable bonds is 3. The summed E-state index contributed by atoms with van der Waals surface area (Å²) >= 11 is 0. The molecule has 0 aromatic heterocycles. The number of ether oxygens (including phenoxy) is 3. The lowest BCUT2D eigenvalue weighted by Gasteiger charge is -2.14. The van der Waals surface area contributed by atoms with Crippen molar-refractivity contribution in [3.63, 3.8) is 0 Å². The molecule has 2 atom stereocenters. The Kier molecular flexibility index (Phi) is 3.36. The first kappa shape index (κ1) is 12.2. The van der Waals surface area contributed by atoms with Crippen molar-refractivity contribution in [3.05, 3.63) is 29.8 Å². The van der Waals surface area contributed by atoms with Crippen LogP contribution in [0, 0.1) is 0 Å². The highest BCUT2D eigenvalue weighted by Gasteiger charge is 2.43.